The molecule has 3 unspecified atom stereocenters. The molecule has 5 nitrogen and oxygen atoms in total. The fourth-order valence-electron chi connectivity index (χ4n) is 2.27. The van der Waals surface area contributed by atoms with E-state index in [4.69, 9.17) is 0 Å². The Morgan fingerprint density at radius 2 is 1.84 bits per heavy atom. The Morgan fingerprint density at radius 3 is 2.32 bits per heavy atom. The molecule has 1 aromatic rings. The predicted molar refractivity (Wildman–Crippen MR) is 70.1 cm³/mol. The number of benzene rings is 1. The Kier molecular flexibility index (Phi) is 3.18. The van der Waals surface area contributed by atoms with Gasteiger partial charge in [-0.05, 0) is 32.9 Å². The number of hydrogen-bond donors (Lipinski definition) is 0. The minimum Gasteiger partial charge on any atom is -0.468 e. The van der Waals surface area contributed by atoms with E-state index in [2.05, 4.69) is 4.74 Å². The average Bonchev–Trinajstić information content (AvgIpc) is 2.93. The van der Waals surface area contributed by atoms with E-state index in [1.54, 1.807) is 38.1 Å². The maximum absolute atomic E-state index is 12.5. The molecule has 1 aliphatic rings. The lowest BCUT2D eigenvalue weighted by molar-refractivity contribution is -0.143. The molecule has 6 heteroatoms. The topological polar surface area (TPSA) is 63.5 Å². The van der Waals surface area contributed by atoms with Crippen molar-refractivity contribution in [3.8, 4) is 0 Å². The quantitative estimate of drug-likeness (QED) is 0.620. The monoisotopic (exact) mass is 283 g/mol. The molecule has 104 valence electrons. The van der Waals surface area contributed by atoms with Crippen LogP contribution in [-0.2, 0) is 19.6 Å². The second-order valence-electron chi connectivity index (χ2n) is 4.93. The highest BCUT2D eigenvalue weighted by Gasteiger charge is 2.68. The predicted octanol–water partition coefficient (Wildman–Crippen LogP) is 1.32. The van der Waals surface area contributed by atoms with Crippen molar-refractivity contribution in [3.05, 3.63) is 29.8 Å². The van der Waals surface area contributed by atoms with E-state index in [1.807, 2.05) is 6.92 Å². The normalized spacial score (nSPS) is 29.9. The van der Waals surface area contributed by atoms with Crippen LogP contribution in [-0.4, -0.2) is 37.4 Å². The lowest BCUT2D eigenvalue weighted by Gasteiger charge is -2.11. The zero-order chi connectivity index (χ0) is 14.4. The summed E-state index contributed by atoms with van der Waals surface area (Å²) in [7, 11) is -2.40. The van der Waals surface area contributed by atoms with E-state index >= 15 is 0 Å². The minimum absolute atomic E-state index is 0.192. The first-order chi connectivity index (χ1) is 8.76. The summed E-state index contributed by atoms with van der Waals surface area (Å²) < 4.78 is 30.8. The molecule has 1 saturated heterocycles. The van der Waals surface area contributed by atoms with Crippen LogP contribution in [0.15, 0.2) is 29.2 Å². The minimum atomic E-state index is -3.66. The number of sulfonamides is 1. The zero-order valence-corrected chi connectivity index (χ0v) is 12.2. The van der Waals surface area contributed by atoms with Gasteiger partial charge in [0.15, 0.2) is 0 Å². The molecule has 1 fully saturated rings. The number of aryl methyl sites for hydroxylation is 1. The van der Waals surface area contributed by atoms with Crippen molar-refractivity contribution >= 4 is 16.0 Å². The average molecular weight is 283 g/mol. The Labute approximate surface area is 113 Å². The van der Waals surface area contributed by atoms with Gasteiger partial charge in [0.05, 0.1) is 18.0 Å². The number of ether oxygens (including phenoxy) is 1. The molecule has 19 heavy (non-hydrogen) atoms. The van der Waals surface area contributed by atoms with Crippen LogP contribution >= 0.6 is 0 Å². The highest BCUT2D eigenvalue weighted by molar-refractivity contribution is 7.89. The van der Waals surface area contributed by atoms with Crippen LogP contribution < -0.4 is 0 Å². The number of carbonyl (C=O) groups is 1. The second kappa shape index (κ2) is 4.31. The third-order valence-corrected chi connectivity index (χ3v) is 5.81. The summed E-state index contributed by atoms with van der Waals surface area (Å²) >= 11 is 0. The third-order valence-electron chi connectivity index (χ3n) is 3.73. The van der Waals surface area contributed by atoms with E-state index in [9.17, 15) is 13.2 Å². The van der Waals surface area contributed by atoms with Crippen LogP contribution in [0.3, 0.4) is 0 Å². The first-order valence-corrected chi connectivity index (χ1v) is 7.40. The summed E-state index contributed by atoms with van der Waals surface area (Å²) in [6.45, 7) is 5.16. The van der Waals surface area contributed by atoms with Gasteiger partial charge in [0, 0.05) is 0 Å². The summed E-state index contributed by atoms with van der Waals surface area (Å²) in [6, 6.07) is 6.17. The number of esters is 1. The van der Waals surface area contributed by atoms with E-state index in [-0.39, 0.29) is 4.90 Å². The molecule has 2 rings (SSSR count). The summed E-state index contributed by atoms with van der Waals surface area (Å²) in [5.74, 6) is -0.532. The Bertz CT molecular complexity index is 608. The van der Waals surface area contributed by atoms with Crippen molar-refractivity contribution in [1.82, 2.24) is 4.31 Å². The summed E-state index contributed by atoms with van der Waals surface area (Å²) in [5, 5.41) is 0. The molecular weight excluding hydrogens is 266 g/mol. The van der Waals surface area contributed by atoms with Gasteiger partial charge < -0.3 is 4.74 Å². The van der Waals surface area contributed by atoms with E-state index in [0.717, 1.165) is 5.56 Å². The molecule has 0 bridgehead atoms. The summed E-state index contributed by atoms with van der Waals surface area (Å²) in [4.78, 5) is 11.9. The molecule has 0 amide bonds. The van der Waals surface area contributed by atoms with E-state index < -0.39 is 27.6 Å². The fourth-order valence-corrected chi connectivity index (χ4v) is 4.28. The van der Waals surface area contributed by atoms with Crippen LogP contribution in [0.1, 0.15) is 19.4 Å². The second-order valence-corrected chi connectivity index (χ2v) is 6.74. The lowest BCUT2D eigenvalue weighted by Crippen LogP contribution is -2.30. The number of carbonyl (C=O) groups excluding carboxylic acids is 1. The Hall–Kier alpha value is -1.40. The van der Waals surface area contributed by atoms with Crippen LogP contribution in [0.4, 0.5) is 0 Å². The molecule has 1 heterocycles. The number of methoxy groups -OCH3 is 1. The van der Waals surface area contributed by atoms with Gasteiger partial charge in [0.2, 0.25) is 10.0 Å². The SMILES string of the molecule is COC(=O)C1(C)C(C)N1S(=O)(=O)c1ccc(C)cc1. The van der Waals surface area contributed by atoms with Crippen LogP contribution in [0.5, 0.6) is 0 Å². The maximum atomic E-state index is 12.5. The standard InChI is InChI=1S/C13H17NO4S/c1-9-5-7-11(8-6-9)19(16,17)14-10(2)13(14,3)12(15)18-4/h5-8,10H,1-4H3. The van der Waals surface area contributed by atoms with Crippen molar-refractivity contribution in [3.63, 3.8) is 0 Å². The van der Waals surface area contributed by atoms with Gasteiger partial charge in [0.25, 0.3) is 0 Å². The Balaban J connectivity index is 2.38. The zero-order valence-electron chi connectivity index (χ0n) is 11.4. The molecule has 1 aliphatic heterocycles. The molecule has 0 N–H and O–H groups in total. The van der Waals surface area contributed by atoms with Gasteiger partial charge in [0.1, 0.15) is 5.54 Å². The largest absolute Gasteiger partial charge is 0.468 e. The first-order valence-electron chi connectivity index (χ1n) is 5.96. The smallest absolute Gasteiger partial charge is 0.328 e. The van der Waals surface area contributed by atoms with Gasteiger partial charge in [-0.25, -0.2) is 13.2 Å². The molecule has 0 spiro atoms. The maximum Gasteiger partial charge on any atom is 0.328 e. The molecule has 0 radical (unpaired) electrons. The summed E-state index contributed by atoms with van der Waals surface area (Å²) in [6.07, 6.45) is 0. The fraction of sp³-hybridized carbons (Fsp3) is 0.462. The van der Waals surface area contributed by atoms with Crippen molar-refractivity contribution in [2.45, 2.75) is 37.2 Å². The molecule has 3 atom stereocenters. The van der Waals surface area contributed by atoms with Crippen molar-refractivity contribution in [2.75, 3.05) is 7.11 Å². The van der Waals surface area contributed by atoms with Gasteiger partial charge in [-0.1, -0.05) is 17.7 Å². The highest BCUT2D eigenvalue weighted by atomic mass is 32.2. The van der Waals surface area contributed by atoms with Crippen LogP contribution in [0.2, 0.25) is 0 Å². The van der Waals surface area contributed by atoms with Gasteiger partial charge in [-0.3, -0.25) is 0 Å². The van der Waals surface area contributed by atoms with Crippen LogP contribution in [0.25, 0.3) is 0 Å². The van der Waals surface area contributed by atoms with Gasteiger partial charge in [-0.2, -0.15) is 4.31 Å². The lowest BCUT2D eigenvalue weighted by atomic mass is 10.1. The van der Waals surface area contributed by atoms with Gasteiger partial charge in [-0.15, -0.1) is 0 Å². The van der Waals surface area contributed by atoms with E-state index in [1.165, 1.54) is 11.4 Å². The molecule has 0 saturated carbocycles. The summed E-state index contributed by atoms with van der Waals surface area (Å²) in [5.41, 5.74) is -0.119. The Morgan fingerprint density at radius 1 is 1.32 bits per heavy atom. The van der Waals surface area contributed by atoms with Gasteiger partial charge >= 0.3 is 5.97 Å². The van der Waals surface area contributed by atoms with Crippen molar-refractivity contribution in [1.29, 1.82) is 0 Å². The number of hydrogen-bond acceptors (Lipinski definition) is 4. The molecular formula is C13H17NO4S. The third kappa shape index (κ3) is 1.95. The van der Waals surface area contributed by atoms with Crippen molar-refractivity contribution < 1.29 is 17.9 Å². The number of rotatable bonds is 3. The van der Waals surface area contributed by atoms with Crippen LogP contribution in [0, 0.1) is 6.92 Å². The molecule has 0 aromatic heterocycles. The van der Waals surface area contributed by atoms with Crippen molar-refractivity contribution in [2.24, 2.45) is 0 Å². The molecule has 0 aliphatic carbocycles. The highest BCUT2D eigenvalue weighted by Crippen LogP contribution is 2.46. The van der Waals surface area contributed by atoms with E-state index in [0.29, 0.717) is 0 Å². The molecule has 1 aromatic carbocycles. The first kappa shape index (κ1) is 14.0. The number of nitrogens with zero attached hydrogens (tertiary/aromatic N) is 1.